The zero-order valence-electron chi connectivity index (χ0n) is 17.5. The Labute approximate surface area is 181 Å². The summed E-state index contributed by atoms with van der Waals surface area (Å²) in [6.45, 7) is 2.99. The lowest BCUT2D eigenvalue weighted by Gasteiger charge is -2.13. The molecule has 5 heteroatoms. The fraction of sp³-hybridized carbons (Fsp3) is 0.192. The average molecular weight is 415 g/mol. The number of furan rings is 1. The molecule has 0 atom stereocenters. The van der Waals surface area contributed by atoms with Gasteiger partial charge in [0.15, 0.2) is 0 Å². The molecule has 0 saturated heterocycles. The second kappa shape index (κ2) is 9.49. The van der Waals surface area contributed by atoms with Crippen LogP contribution in [0.4, 0.5) is 0 Å². The molecule has 0 aliphatic carbocycles. The third-order valence-corrected chi connectivity index (χ3v) is 5.11. The molecule has 2 N–H and O–H groups in total. The monoisotopic (exact) mass is 415 g/mol. The molecule has 31 heavy (non-hydrogen) atoms. The molecule has 0 bridgehead atoms. The predicted octanol–water partition coefficient (Wildman–Crippen LogP) is 5.24. The molecule has 5 nitrogen and oxygen atoms in total. The summed E-state index contributed by atoms with van der Waals surface area (Å²) < 4.78 is 16.9. The van der Waals surface area contributed by atoms with Gasteiger partial charge in [-0.2, -0.15) is 0 Å². The average Bonchev–Trinajstić information content (AvgIpc) is 3.27. The number of hydrogen-bond donors (Lipinski definition) is 1. The van der Waals surface area contributed by atoms with E-state index in [1.54, 1.807) is 13.2 Å². The van der Waals surface area contributed by atoms with E-state index in [2.05, 4.69) is 18.2 Å². The zero-order valence-corrected chi connectivity index (χ0v) is 17.5. The number of benzene rings is 3. The quantitative estimate of drug-likeness (QED) is 0.398. The van der Waals surface area contributed by atoms with Gasteiger partial charge in [0.2, 0.25) is 0 Å². The van der Waals surface area contributed by atoms with Crippen molar-refractivity contribution in [2.45, 2.75) is 26.5 Å². The number of fused-ring (bicyclic) bond motifs is 1. The lowest BCUT2D eigenvalue weighted by Crippen LogP contribution is -2.09. The summed E-state index contributed by atoms with van der Waals surface area (Å²) in [6, 6.07) is 21.8. The van der Waals surface area contributed by atoms with Gasteiger partial charge >= 0.3 is 5.97 Å². The Kier molecular flexibility index (Phi) is 6.34. The highest BCUT2D eigenvalue weighted by Gasteiger charge is 2.12. The standard InChI is InChI=1S/C26H25NO4/c1-2-29-26(28)15-21-7-3-4-9-24(21)31-17-19-13-23(22-10-11-30-25(22)14-19)20-8-5-6-18(12-20)16-27/h3-14H,2,15-17,27H2,1H3. The molecule has 158 valence electrons. The van der Waals surface area contributed by atoms with Gasteiger partial charge in [-0.15, -0.1) is 0 Å². The molecule has 1 aromatic heterocycles. The number of ether oxygens (including phenoxy) is 2. The van der Waals surface area contributed by atoms with Gasteiger partial charge < -0.3 is 19.6 Å². The highest BCUT2D eigenvalue weighted by atomic mass is 16.5. The van der Waals surface area contributed by atoms with Crippen molar-refractivity contribution in [2.75, 3.05) is 6.61 Å². The Morgan fingerprint density at radius 2 is 1.87 bits per heavy atom. The van der Waals surface area contributed by atoms with Crippen LogP contribution in [0.3, 0.4) is 0 Å². The van der Waals surface area contributed by atoms with Gasteiger partial charge in [0.25, 0.3) is 0 Å². The first-order valence-corrected chi connectivity index (χ1v) is 10.3. The Hall–Kier alpha value is -3.57. The van der Waals surface area contributed by atoms with Gasteiger partial charge in [0, 0.05) is 17.5 Å². The third kappa shape index (κ3) is 4.78. The molecule has 0 saturated carbocycles. The van der Waals surface area contributed by atoms with Gasteiger partial charge in [-0.05, 0) is 59.5 Å². The Morgan fingerprint density at radius 3 is 2.71 bits per heavy atom. The van der Waals surface area contributed by atoms with Crippen LogP contribution in [-0.4, -0.2) is 12.6 Å². The van der Waals surface area contributed by atoms with E-state index in [0.717, 1.165) is 38.8 Å². The molecule has 0 radical (unpaired) electrons. The van der Waals surface area contributed by atoms with Gasteiger partial charge in [0.05, 0.1) is 19.3 Å². The van der Waals surface area contributed by atoms with Gasteiger partial charge in [-0.3, -0.25) is 4.79 Å². The summed E-state index contributed by atoms with van der Waals surface area (Å²) in [5.41, 5.74) is 11.6. The molecule has 0 spiro atoms. The normalized spacial score (nSPS) is 10.9. The Morgan fingerprint density at radius 1 is 1.00 bits per heavy atom. The van der Waals surface area contributed by atoms with E-state index in [-0.39, 0.29) is 12.4 Å². The van der Waals surface area contributed by atoms with Crippen molar-refractivity contribution < 1.29 is 18.7 Å². The van der Waals surface area contributed by atoms with Crippen molar-refractivity contribution >= 4 is 16.9 Å². The molecule has 3 aromatic carbocycles. The molecule has 1 heterocycles. The molecular weight excluding hydrogens is 390 g/mol. The molecule has 0 aliphatic heterocycles. The van der Waals surface area contributed by atoms with Crippen molar-refractivity contribution in [1.29, 1.82) is 0 Å². The van der Waals surface area contributed by atoms with Crippen molar-refractivity contribution in [3.8, 4) is 16.9 Å². The van der Waals surface area contributed by atoms with Gasteiger partial charge in [0.1, 0.15) is 17.9 Å². The molecule has 4 rings (SSSR count). The van der Waals surface area contributed by atoms with Crippen LogP contribution in [0.2, 0.25) is 0 Å². The Bertz CT molecular complexity index is 1190. The van der Waals surface area contributed by atoms with Gasteiger partial charge in [-0.25, -0.2) is 0 Å². The lowest BCUT2D eigenvalue weighted by atomic mass is 9.98. The maximum atomic E-state index is 11.9. The first kappa shape index (κ1) is 20.7. The number of hydrogen-bond acceptors (Lipinski definition) is 5. The van der Waals surface area contributed by atoms with Crippen molar-refractivity contribution in [3.63, 3.8) is 0 Å². The number of rotatable bonds is 8. The highest BCUT2D eigenvalue weighted by Crippen LogP contribution is 2.32. The van der Waals surface area contributed by atoms with E-state index in [4.69, 9.17) is 19.6 Å². The topological polar surface area (TPSA) is 74.7 Å². The molecule has 0 unspecified atom stereocenters. The molecule has 0 fully saturated rings. The van der Waals surface area contributed by atoms with E-state index in [0.29, 0.717) is 25.5 Å². The Balaban J connectivity index is 1.61. The number of nitrogens with two attached hydrogens (primary N) is 1. The van der Waals surface area contributed by atoms with Gasteiger partial charge in [-0.1, -0.05) is 36.4 Å². The SMILES string of the molecule is CCOC(=O)Cc1ccccc1OCc1cc(-c2cccc(CN)c2)c2ccoc2c1. The summed E-state index contributed by atoms with van der Waals surface area (Å²) in [4.78, 5) is 11.9. The second-order valence-corrected chi connectivity index (χ2v) is 7.26. The van der Waals surface area contributed by atoms with Crippen LogP contribution in [0.15, 0.2) is 77.4 Å². The lowest BCUT2D eigenvalue weighted by molar-refractivity contribution is -0.142. The smallest absolute Gasteiger partial charge is 0.310 e. The minimum atomic E-state index is -0.266. The van der Waals surface area contributed by atoms with Crippen LogP contribution in [0.1, 0.15) is 23.6 Å². The molecule has 0 amide bonds. The van der Waals surface area contributed by atoms with Crippen molar-refractivity contribution in [2.24, 2.45) is 5.73 Å². The maximum absolute atomic E-state index is 11.9. The fourth-order valence-corrected chi connectivity index (χ4v) is 3.64. The second-order valence-electron chi connectivity index (χ2n) is 7.26. The predicted molar refractivity (Wildman–Crippen MR) is 121 cm³/mol. The summed E-state index contributed by atoms with van der Waals surface area (Å²) >= 11 is 0. The van der Waals surface area contributed by atoms with Crippen LogP contribution in [0.5, 0.6) is 5.75 Å². The van der Waals surface area contributed by atoms with E-state index in [9.17, 15) is 4.79 Å². The van der Waals surface area contributed by atoms with E-state index >= 15 is 0 Å². The van der Waals surface area contributed by atoms with Crippen LogP contribution in [-0.2, 0) is 29.1 Å². The molecular formula is C26H25NO4. The van der Waals surface area contributed by atoms with E-state index in [1.807, 2.05) is 48.5 Å². The number of esters is 1. The number of carbonyl (C=O) groups excluding carboxylic acids is 1. The maximum Gasteiger partial charge on any atom is 0.310 e. The minimum absolute atomic E-state index is 0.179. The summed E-state index contributed by atoms with van der Waals surface area (Å²) in [5.74, 6) is 0.402. The zero-order chi connectivity index (χ0) is 21.6. The third-order valence-electron chi connectivity index (χ3n) is 5.11. The highest BCUT2D eigenvalue weighted by molar-refractivity contribution is 5.94. The molecule has 0 aliphatic rings. The van der Waals surface area contributed by atoms with E-state index in [1.165, 1.54) is 0 Å². The number of carbonyl (C=O) groups is 1. The van der Waals surface area contributed by atoms with E-state index < -0.39 is 0 Å². The number of para-hydroxylation sites is 1. The summed E-state index contributed by atoms with van der Waals surface area (Å²) in [5, 5.41) is 1.04. The fourth-order valence-electron chi connectivity index (χ4n) is 3.64. The molecule has 4 aromatic rings. The summed E-state index contributed by atoms with van der Waals surface area (Å²) in [7, 11) is 0. The van der Waals surface area contributed by atoms with Crippen LogP contribution in [0, 0.1) is 0 Å². The van der Waals surface area contributed by atoms with Crippen molar-refractivity contribution in [3.05, 3.63) is 89.7 Å². The van der Waals surface area contributed by atoms with Crippen molar-refractivity contribution in [1.82, 2.24) is 0 Å². The van der Waals surface area contributed by atoms with Crippen LogP contribution in [0.25, 0.3) is 22.1 Å². The first-order valence-electron chi connectivity index (χ1n) is 10.3. The largest absolute Gasteiger partial charge is 0.489 e. The minimum Gasteiger partial charge on any atom is -0.489 e. The van der Waals surface area contributed by atoms with Crippen LogP contribution < -0.4 is 10.5 Å². The summed E-state index contributed by atoms with van der Waals surface area (Å²) in [6.07, 6.45) is 1.87. The first-order chi connectivity index (χ1) is 15.2. The van der Waals surface area contributed by atoms with Crippen LogP contribution >= 0.6 is 0 Å².